The molecule has 3 unspecified atom stereocenters. The van der Waals surface area contributed by atoms with Crippen molar-refractivity contribution in [2.75, 3.05) is 13.7 Å². The molecule has 0 spiro atoms. The zero-order valence-corrected chi connectivity index (χ0v) is 16.1. The highest BCUT2D eigenvalue weighted by molar-refractivity contribution is 5.71. The second-order valence-corrected chi connectivity index (χ2v) is 7.27. The van der Waals surface area contributed by atoms with Crippen LogP contribution in [0.3, 0.4) is 0 Å². The molecule has 0 aromatic rings. The Labute approximate surface area is 146 Å². The van der Waals surface area contributed by atoms with E-state index in [4.69, 9.17) is 9.62 Å². The van der Waals surface area contributed by atoms with Crippen LogP contribution in [-0.4, -0.2) is 19.7 Å². The quantitative estimate of drug-likeness (QED) is 0.209. The molecule has 1 aliphatic carbocycles. The Morgan fingerprint density at radius 2 is 2.08 bits per heavy atom. The zero-order valence-electron chi connectivity index (χ0n) is 16.1. The Balaban J connectivity index is 2.62. The number of esters is 1. The van der Waals surface area contributed by atoms with E-state index in [0.29, 0.717) is 12.5 Å². The predicted octanol–water partition coefficient (Wildman–Crippen LogP) is 4.82. The van der Waals surface area contributed by atoms with Crippen molar-refractivity contribution in [1.82, 2.24) is 0 Å². The lowest BCUT2D eigenvalue weighted by atomic mass is 9.59. The minimum Gasteiger partial charge on any atom is -0.465 e. The minimum absolute atomic E-state index is 0.0203. The molecule has 4 nitrogen and oxygen atoms in total. The molecular formula is C20H32O4. The third-order valence-corrected chi connectivity index (χ3v) is 5.25. The summed E-state index contributed by atoms with van der Waals surface area (Å²) < 4.78 is 5.46. The maximum absolute atomic E-state index is 11.8. The van der Waals surface area contributed by atoms with Crippen LogP contribution in [0.5, 0.6) is 0 Å². The molecule has 136 valence electrons. The van der Waals surface area contributed by atoms with Crippen LogP contribution in [0.25, 0.3) is 0 Å². The van der Waals surface area contributed by atoms with E-state index < -0.39 is 0 Å². The molecule has 4 heteroatoms. The summed E-state index contributed by atoms with van der Waals surface area (Å²) in [4.78, 5) is 21.2. The molecule has 0 saturated heterocycles. The van der Waals surface area contributed by atoms with Gasteiger partial charge in [-0.15, -0.1) is 5.73 Å². The second-order valence-electron chi connectivity index (χ2n) is 7.27. The summed E-state index contributed by atoms with van der Waals surface area (Å²) in [5.74, 6) is 0.484. The Morgan fingerprint density at radius 1 is 1.42 bits per heavy atom. The summed E-state index contributed by atoms with van der Waals surface area (Å²) in [5, 5.41) is 0. The molecule has 1 aliphatic rings. The number of hydrogen-bond acceptors (Lipinski definition) is 4. The summed E-state index contributed by atoms with van der Waals surface area (Å²) in [6.45, 7) is 12.9. The van der Waals surface area contributed by atoms with Gasteiger partial charge in [0.25, 0.3) is 0 Å². The van der Waals surface area contributed by atoms with Crippen LogP contribution in [0.4, 0.5) is 0 Å². The fraction of sp³-hybridized carbons (Fsp3) is 0.700. The molecular weight excluding hydrogens is 304 g/mol. The standard InChI is InChI=1S/C20H32O4/c1-8-14(2)19(21)23-13-18-11-17(20(18,5)6)10-9-15(3)16(4)12-24-22-7/h9,12,14-15,18H,8,11,13H2,1-7H3/b16-12+. The lowest BCUT2D eigenvalue weighted by molar-refractivity contribution is -0.223. The van der Waals surface area contributed by atoms with Crippen LogP contribution in [-0.2, 0) is 19.3 Å². The summed E-state index contributed by atoms with van der Waals surface area (Å²) in [6, 6.07) is 0. The lowest BCUT2D eigenvalue weighted by Gasteiger charge is -2.46. The van der Waals surface area contributed by atoms with E-state index in [-0.39, 0.29) is 23.2 Å². The monoisotopic (exact) mass is 336 g/mol. The number of carbonyl (C=O) groups excluding carboxylic acids is 1. The first-order valence-electron chi connectivity index (χ1n) is 8.72. The molecule has 0 heterocycles. The van der Waals surface area contributed by atoms with Gasteiger partial charge in [0.2, 0.25) is 0 Å². The molecule has 0 N–H and O–H groups in total. The van der Waals surface area contributed by atoms with Gasteiger partial charge in [0.05, 0.1) is 19.6 Å². The van der Waals surface area contributed by atoms with E-state index in [9.17, 15) is 4.79 Å². The fourth-order valence-electron chi connectivity index (χ4n) is 2.47. The van der Waals surface area contributed by atoms with E-state index in [0.717, 1.165) is 18.4 Å². The molecule has 1 fully saturated rings. The Hall–Kier alpha value is -1.51. The molecule has 0 aromatic carbocycles. The van der Waals surface area contributed by atoms with Crippen molar-refractivity contribution < 1.29 is 19.3 Å². The average Bonchev–Trinajstić information content (AvgIpc) is 2.56. The summed E-state index contributed by atoms with van der Waals surface area (Å²) in [7, 11) is 1.48. The van der Waals surface area contributed by atoms with Crippen LogP contribution in [0.15, 0.2) is 29.2 Å². The molecule has 0 aromatic heterocycles. The number of hydrogen-bond donors (Lipinski definition) is 0. The Bertz CT molecular complexity index is 524. The van der Waals surface area contributed by atoms with Crippen molar-refractivity contribution in [3.63, 3.8) is 0 Å². The van der Waals surface area contributed by atoms with Gasteiger partial charge in [-0.2, -0.15) is 4.89 Å². The third kappa shape index (κ3) is 5.25. The number of ether oxygens (including phenoxy) is 1. The van der Waals surface area contributed by atoms with Crippen LogP contribution < -0.4 is 0 Å². The van der Waals surface area contributed by atoms with E-state index in [2.05, 4.69) is 37.5 Å². The second kappa shape index (κ2) is 9.10. The smallest absolute Gasteiger partial charge is 0.308 e. The van der Waals surface area contributed by atoms with Crippen molar-refractivity contribution in [3.05, 3.63) is 29.2 Å². The first-order valence-corrected chi connectivity index (χ1v) is 8.72. The maximum atomic E-state index is 11.8. The lowest BCUT2D eigenvalue weighted by Crippen LogP contribution is -2.41. The molecule has 1 saturated carbocycles. The molecule has 1 rings (SSSR count). The summed E-state index contributed by atoms with van der Waals surface area (Å²) in [5.41, 5.74) is 5.80. The van der Waals surface area contributed by atoms with Gasteiger partial charge < -0.3 is 9.62 Å². The summed E-state index contributed by atoms with van der Waals surface area (Å²) >= 11 is 0. The molecule has 0 bridgehead atoms. The highest BCUT2D eigenvalue weighted by Crippen LogP contribution is 2.50. The first kappa shape index (κ1) is 20.5. The van der Waals surface area contributed by atoms with E-state index in [1.54, 1.807) is 6.26 Å². The van der Waals surface area contributed by atoms with Crippen molar-refractivity contribution >= 4 is 5.97 Å². The summed E-state index contributed by atoms with van der Waals surface area (Å²) in [6.07, 6.45) is 5.42. The van der Waals surface area contributed by atoms with Crippen LogP contribution in [0.1, 0.15) is 54.4 Å². The van der Waals surface area contributed by atoms with Gasteiger partial charge in [-0.25, -0.2) is 0 Å². The zero-order chi connectivity index (χ0) is 18.3. The number of carbonyl (C=O) groups is 1. The average molecular weight is 336 g/mol. The molecule has 0 radical (unpaired) electrons. The van der Waals surface area contributed by atoms with E-state index in [1.165, 1.54) is 12.7 Å². The van der Waals surface area contributed by atoms with Gasteiger partial charge in [-0.05, 0) is 42.4 Å². The molecule has 0 aliphatic heterocycles. The van der Waals surface area contributed by atoms with Crippen LogP contribution in [0.2, 0.25) is 0 Å². The third-order valence-electron chi connectivity index (χ3n) is 5.25. The van der Waals surface area contributed by atoms with Crippen LogP contribution in [0, 0.1) is 23.2 Å². The van der Waals surface area contributed by atoms with E-state index >= 15 is 0 Å². The minimum atomic E-state index is -0.0891. The van der Waals surface area contributed by atoms with Gasteiger partial charge >= 0.3 is 5.97 Å². The largest absolute Gasteiger partial charge is 0.465 e. The number of allylic oxidation sites excluding steroid dienone is 2. The number of rotatable bonds is 8. The van der Waals surface area contributed by atoms with Crippen molar-refractivity contribution in [2.45, 2.75) is 54.4 Å². The van der Waals surface area contributed by atoms with Gasteiger partial charge in [0.1, 0.15) is 6.26 Å². The Morgan fingerprint density at radius 3 is 2.62 bits per heavy atom. The SMILES string of the molecule is CCC(C)C(=O)OCC1CC(=C=CC(C)/C(C)=C/OOC)C1(C)C. The molecule has 0 amide bonds. The molecule has 24 heavy (non-hydrogen) atoms. The predicted molar refractivity (Wildman–Crippen MR) is 94.9 cm³/mol. The van der Waals surface area contributed by atoms with Crippen molar-refractivity contribution in [2.24, 2.45) is 23.2 Å². The van der Waals surface area contributed by atoms with Gasteiger partial charge in [-0.3, -0.25) is 4.79 Å². The van der Waals surface area contributed by atoms with Gasteiger partial charge in [0.15, 0.2) is 0 Å². The van der Waals surface area contributed by atoms with Gasteiger partial charge in [-0.1, -0.05) is 34.6 Å². The van der Waals surface area contributed by atoms with Crippen molar-refractivity contribution in [3.8, 4) is 0 Å². The Kier molecular flexibility index (Phi) is 7.78. The van der Waals surface area contributed by atoms with Crippen molar-refractivity contribution in [1.29, 1.82) is 0 Å². The highest BCUT2D eigenvalue weighted by atomic mass is 17.2. The topological polar surface area (TPSA) is 44.8 Å². The normalized spacial score (nSPS) is 22.0. The van der Waals surface area contributed by atoms with E-state index in [1.807, 2.05) is 20.8 Å². The van der Waals surface area contributed by atoms with Crippen LogP contribution >= 0.6 is 0 Å². The van der Waals surface area contributed by atoms with Gasteiger partial charge in [0, 0.05) is 11.8 Å². The highest BCUT2D eigenvalue weighted by Gasteiger charge is 2.44. The first-order chi connectivity index (χ1) is 11.2. The molecule has 3 atom stereocenters. The maximum Gasteiger partial charge on any atom is 0.308 e. The fourth-order valence-corrected chi connectivity index (χ4v) is 2.47.